The molecule has 0 heterocycles. The molecule has 0 saturated heterocycles. The van der Waals surface area contributed by atoms with Gasteiger partial charge in [-0.2, -0.15) is 8.78 Å². The molecule has 1 aromatic carbocycles. The highest BCUT2D eigenvalue weighted by molar-refractivity contribution is 9.09. The first-order valence-electron chi connectivity index (χ1n) is 7.03. The normalized spacial score (nSPS) is 14.9. The molecule has 6 heteroatoms. The molecule has 0 radical (unpaired) electrons. The van der Waals surface area contributed by atoms with Gasteiger partial charge in [-0.1, -0.05) is 22.0 Å². The Morgan fingerprint density at radius 3 is 2.76 bits per heavy atom. The summed E-state index contributed by atoms with van der Waals surface area (Å²) < 4.78 is 28.9. The predicted octanol–water partition coefficient (Wildman–Crippen LogP) is 4.07. The molecule has 0 aliphatic heterocycles. The first kappa shape index (κ1) is 16.2. The van der Waals surface area contributed by atoms with E-state index >= 15 is 0 Å². The Hall–Kier alpha value is -1.17. The Kier molecular flexibility index (Phi) is 5.96. The van der Waals surface area contributed by atoms with E-state index in [0.29, 0.717) is 12.1 Å². The van der Waals surface area contributed by atoms with E-state index in [1.54, 1.807) is 12.1 Å². The molecule has 0 unspecified atom stereocenters. The minimum Gasteiger partial charge on any atom is -0.435 e. The van der Waals surface area contributed by atoms with Crippen LogP contribution in [0.25, 0.3) is 0 Å². The number of rotatable bonds is 7. The van der Waals surface area contributed by atoms with Crippen molar-refractivity contribution in [2.75, 3.05) is 11.9 Å². The number of ether oxygens (including phenoxy) is 1. The first-order chi connectivity index (χ1) is 10.1. The van der Waals surface area contributed by atoms with Gasteiger partial charge in [0.15, 0.2) is 0 Å². The average molecular weight is 362 g/mol. The van der Waals surface area contributed by atoms with E-state index in [1.165, 1.54) is 12.1 Å². The van der Waals surface area contributed by atoms with Crippen LogP contribution in [0, 0.1) is 0 Å². The van der Waals surface area contributed by atoms with Crippen LogP contribution in [-0.2, 0) is 0 Å². The number of hydrogen-bond acceptors (Lipinski definition) is 2. The minimum atomic E-state index is -2.88. The van der Waals surface area contributed by atoms with Gasteiger partial charge < -0.3 is 9.64 Å². The van der Waals surface area contributed by atoms with Crippen molar-refractivity contribution in [1.29, 1.82) is 0 Å². The van der Waals surface area contributed by atoms with Gasteiger partial charge in [-0.3, -0.25) is 4.79 Å². The van der Waals surface area contributed by atoms with E-state index in [9.17, 15) is 13.6 Å². The van der Waals surface area contributed by atoms with E-state index in [4.69, 9.17) is 0 Å². The monoisotopic (exact) mass is 361 g/mol. The molecule has 0 N–H and O–H groups in total. The zero-order chi connectivity index (χ0) is 15.2. The molecule has 1 aromatic rings. The molecular weight excluding hydrogens is 344 g/mol. The molecule has 0 atom stereocenters. The Morgan fingerprint density at radius 2 is 2.19 bits per heavy atom. The summed E-state index contributed by atoms with van der Waals surface area (Å²) in [5.41, 5.74) is 0.398. The highest BCUT2D eigenvalue weighted by Gasteiger charge is 2.29. The zero-order valence-electron chi connectivity index (χ0n) is 11.6. The van der Waals surface area contributed by atoms with Crippen molar-refractivity contribution in [1.82, 2.24) is 4.90 Å². The van der Waals surface area contributed by atoms with Crippen LogP contribution in [0.5, 0.6) is 5.75 Å². The summed E-state index contributed by atoms with van der Waals surface area (Å²) in [6, 6.07) is 6.29. The fourth-order valence-electron chi connectivity index (χ4n) is 2.35. The maximum absolute atomic E-state index is 12.6. The molecule has 0 aromatic heterocycles. The maximum Gasteiger partial charge on any atom is 0.387 e. The first-order valence-corrected chi connectivity index (χ1v) is 8.16. The van der Waals surface area contributed by atoms with E-state index in [-0.39, 0.29) is 17.7 Å². The molecular formula is C15H18BrF2NO2. The summed E-state index contributed by atoms with van der Waals surface area (Å²) in [4.78, 5) is 14.4. The number of carbonyl (C=O) groups excluding carboxylic acids is 1. The number of carbonyl (C=O) groups is 1. The van der Waals surface area contributed by atoms with Gasteiger partial charge in [0.05, 0.1) is 0 Å². The standard InChI is InChI=1S/C15H18BrF2NO2/c16-8-3-9-19(12-5-2-6-12)14(20)11-4-1-7-13(10-11)21-15(17)18/h1,4,7,10,12,15H,2-3,5-6,8-9H2. The SMILES string of the molecule is O=C(c1cccc(OC(F)F)c1)N(CCCBr)C1CCC1. The van der Waals surface area contributed by atoms with E-state index < -0.39 is 6.61 Å². The van der Waals surface area contributed by atoms with Crippen LogP contribution < -0.4 is 4.74 Å². The summed E-state index contributed by atoms with van der Waals surface area (Å²) in [5, 5.41) is 0.831. The molecule has 3 nitrogen and oxygen atoms in total. The average Bonchev–Trinajstić information content (AvgIpc) is 2.40. The molecule has 2 rings (SSSR count). The van der Waals surface area contributed by atoms with Crippen molar-refractivity contribution < 1.29 is 18.3 Å². The van der Waals surface area contributed by atoms with E-state index in [1.807, 2.05) is 4.90 Å². The van der Waals surface area contributed by atoms with E-state index in [0.717, 1.165) is 31.0 Å². The lowest BCUT2D eigenvalue weighted by Crippen LogP contribution is -2.44. The molecule has 1 fully saturated rings. The van der Waals surface area contributed by atoms with Gasteiger partial charge in [0.2, 0.25) is 0 Å². The van der Waals surface area contributed by atoms with Crippen LogP contribution in [0.2, 0.25) is 0 Å². The van der Waals surface area contributed by atoms with Gasteiger partial charge in [0, 0.05) is 23.5 Å². The van der Waals surface area contributed by atoms with Crippen molar-refractivity contribution in [2.24, 2.45) is 0 Å². The Balaban J connectivity index is 2.11. The summed E-state index contributed by atoms with van der Waals surface area (Å²) in [7, 11) is 0. The van der Waals surface area contributed by atoms with E-state index in [2.05, 4.69) is 20.7 Å². The molecule has 1 aliphatic carbocycles. The summed E-state index contributed by atoms with van der Waals surface area (Å²) in [6.45, 7) is -2.21. The minimum absolute atomic E-state index is 0.0184. The summed E-state index contributed by atoms with van der Waals surface area (Å²) in [5.74, 6) is -0.0923. The molecule has 21 heavy (non-hydrogen) atoms. The Morgan fingerprint density at radius 1 is 1.43 bits per heavy atom. The third-order valence-corrected chi connectivity index (χ3v) is 4.18. The molecule has 0 spiro atoms. The maximum atomic E-state index is 12.6. The molecule has 1 aliphatic rings. The topological polar surface area (TPSA) is 29.5 Å². The fourth-order valence-corrected chi connectivity index (χ4v) is 2.60. The number of halogens is 3. The number of alkyl halides is 3. The Labute approximate surface area is 131 Å². The molecule has 1 saturated carbocycles. The number of nitrogens with zero attached hydrogens (tertiary/aromatic N) is 1. The van der Waals surface area contributed by atoms with Crippen LogP contribution in [0.4, 0.5) is 8.78 Å². The number of hydrogen-bond donors (Lipinski definition) is 0. The van der Waals surface area contributed by atoms with Crippen LogP contribution >= 0.6 is 15.9 Å². The van der Waals surface area contributed by atoms with Crippen molar-refractivity contribution in [3.05, 3.63) is 29.8 Å². The van der Waals surface area contributed by atoms with Gasteiger partial charge in [-0.05, 0) is 43.9 Å². The van der Waals surface area contributed by atoms with Crippen molar-refractivity contribution in [3.63, 3.8) is 0 Å². The summed E-state index contributed by atoms with van der Waals surface area (Å²) in [6.07, 6.45) is 4.04. The second kappa shape index (κ2) is 7.73. The second-order valence-electron chi connectivity index (χ2n) is 5.03. The van der Waals surface area contributed by atoms with Gasteiger partial charge in [-0.25, -0.2) is 0 Å². The fraction of sp³-hybridized carbons (Fsp3) is 0.533. The van der Waals surface area contributed by atoms with Crippen LogP contribution in [0.1, 0.15) is 36.0 Å². The third kappa shape index (κ3) is 4.40. The molecule has 0 bridgehead atoms. The van der Waals surface area contributed by atoms with Crippen LogP contribution in [0.15, 0.2) is 24.3 Å². The number of benzene rings is 1. The van der Waals surface area contributed by atoms with Crippen LogP contribution in [-0.4, -0.2) is 35.3 Å². The quantitative estimate of drug-likeness (QED) is 0.685. The van der Waals surface area contributed by atoms with Crippen molar-refractivity contribution in [3.8, 4) is 5.75 Å². The van der Waals surface area contributed by atoms with Crippen LogP contribution in [0.3, 0.4) is 0 Å². The molecule has 116 valence electrons. The second-order valence-corrected chi connectivity index (χ2v) is 5.83. The highest BCUT2D eigenvalue weighted by atomic mass is 79.9. The molecule has 1 amide bonds. The smallest absolute Gasteiger partial charge is 0.387 e. The van der Waals surface area contributed by atoms with Gasteiger partial charge in [0.1, 0.15) is 5.75 Å². The zero-order valence-corrected chi connectivity index (χ0v) is 13.2. The Bertz CT molecular complexity index is 480. The predicted molar refractivity (Wildman–Crippen MR) is 80.2 cm³/mol. The largest absolute Gasteiger partial charge is 0.435 e. The van der Waals surface area contributed by atoms with Crippen molar-refractivity contribution in [2.45, 2.75) is 38.3 Å². The summed E-state index contributed by atoms with van der Waals surface area (Å²) >= 11 is 3.37. The van der Waals surface area contributed by atoms with Gasteiger partial charge in [0.25, 0.3) is 5.91 Å². The van der Waals surface area contributed by atoms with Gasteiger partial charge in [-0.15, -0.1) is 0 Å². The van der Waals surface area contributed by atoms with Crippen molar-refractivity contribution >= 4 is 21.8 Å². The lowest BCUT2D eigenvalue weighted by atomic mass is 9.91. The number of amides is 1. The third-order valence-electron chi connectivity index (χ3n) is 3.62. The lowest BCUT2D eigenvalue weighted by molar-refractivity contribution is -0.0499. The lowest BCUT2D eigenvalue weighted by Gasteiger charge is -2.37. The van der Waals surface area contributed by atoms with Gasteiger partial charge >= 0.3 is 6.61 Å². The highest BCUT2D eigenvalue weighted by Crippen LogP contribution is 2.27.